The third-order valence-corrected chi connectivity index (χ3v) is 3.04. The van der Waals surface area contributed by atoms with Crippen LogP contribution in [0.25, 0.3) is 5.69 Å². The second-order valence-electron chi connectivity index (χ2n) is 3.90. The van der Waals surface area contributed by atoms with E-state index in [1.54, 1.807) is 0 Å². The molecule has 1 aromatic carbocycles. The highest BCUT2D eigenvalue weighted by molar-refractivity contribution is 7.71. The normalized spacial score (nSPS) is 13.7. The topological polar surface area (TPSA) is 39.2 Å². The van der Waals surface area contributed by atoms with Crippen LogP contribution in [0, 0.1) is 11.7 Å². The van der Waals surface area contributed by atoms with Crippen LogP contribution in [0.2, 0.25) is 0 Å². The lowest BCUT2D eigenvalue weighted by molar-refractivity contribution is 0.171. The predicted molar refractivity (Wildman–Crippen MR) is 66.7 cm³/mol. The van der Waals surface area contributed by atoms with Gasteiger partial charge in [0.05, 0.1) is 5.69 Å². The highest BCUT2D eigenvalue weighted by atomic mass is 32.1. The van der Waals surface area contributed by atoms with Gasteiger partial charge in [0.25, 0.3) is 0 Å². The smallest absolute Gasteiger partial charge is 0.182 e. The van der Waals surface area contributed by atoms with Gasteiger partial charge in [-0.05, 0) is 31.3 Å². The number of imidazole rings is 1. The minimum absolute atomic E-state index is 0.591. The van der Waals surface area contributed by atoms with E-state index in [0.29, 0.717) is 18.0 Å². The highest BCUT2D eigenvalue weighted by Gasteiger charge is 2.13. The van der Waals surface area contributed by atoms with Gasteiger partial charge < -0.3 is 14.5 Å². The number of benzene rings is 1. The van der Waals surface area contributed by atoms with E-state index in [4.69, 9.17) is 21.7 Å². The van der Waals surface area contributed by atoms with Crippen LogP contribution in [0.3, 0.4) is 0 Å². The summed E-state index contributed by atoms with van der Waals surface area (Å²) in [5.41, 5.74) is 2.05. The number of hydrogen-bond acceptors (Lipinski definition) is 3. The van der Waals surface area contributed by atoms with Crippen molar-refractivity contribution in [2.45, 2.75) is 6.92 Å². The van der Waals surface area contributed by atoms with Crippen LogP contribution in [0.5, 0.6) is 11.5 Å². The molecular weight excluding hydrogens is 236 g/mol. The first kappa shape index (κ1) is 10.4. The van der Waals surface area contributed by atoms with Gasteiger partial charge in [0.15, 0.2) is 16.3 Å². The molecule has 1 aromatic heterocycles. The summed E-state index contributed by atoms with van der Waals surface area (Å²) in [4.78, 5) is 3.02. The molecule has 0 radical (unpaired) electrons. The maximum absolute atomic E-state index is 5.56. The summed E-state index contributed by atoms with van der Waals surface area (Å²) in [6.07, 6.45) is 1.89. The molecule has 3 rings (SSSR count). The molecule has 0 aliphatic carbocycles. The van der Waals surface area contributed by atoms with Crippen LogP contribution in [-0.4, -0.2) is 22.8 Å². The zero-order valence-corrected chi connectivity index (χ0v) is 10.2. The Morgan fingerprint density at radius 2 is 2.00 bits per heavy atom. The van der Waals surface area contributed by atoms with E-state index in [1.165, 1.54) is 0 Å². The molecule has 0 saturated heterocycles. The molecule has 0 atom stereocenters. The van der Waals surface area contributed by atoms with Crippen LogP contribution in [0.4, 0.5) is 0 Å². The van der Waals surface area contributed by atoms with Gasteiger partial charge in [-0.25, -0.2) is 0 Å². The van der Waals surface area contributed by atoms with Crippen LogP contribution in [0.15, 0.2) is 24.4 Å². The Labute approximate surface area is 104 Å². The number of rotatable bonds is 1. The number of hydrogen-bond donors (Lipinski definition) is 1. The summed E-state index contributed by atoms with van der Waals surface area (Å²) < 4.78 is 13.7. The molecule has 2 aromatic rings. The number of aromatic amines is 1. The van der Waals surface area contributed by atoms with E-state index < -0.39 is 0 Å². The maximum atomic E-state index is 5.56. The van der Waals surface area contributed by atoms with Crippen molar-refractivity contribution in [3.05, 3.63) is 34.9 Å². The van der Waals surface area contributed by atoms with Crippen LogP contribution in [0.1, 0.15) is 5.69 Å². The Balaban J connectivity index is 2.13. The summed E-state index contributed by atoms with van der Waals surface area (Å²) in [5, 5.41) is 0. The van der Waals surface area contributed by atoms with E-state index in [1.807, 2.05) is 35.9 Å². The van der Waals surface area contributed by atoms with Gasteiger partial charge in [0.1, 0.15) is 13.2 Å². The van der Waals surface area contributed by atoms with Crippen molar-refractivity contribution in [2.75, 3.05) is 13.2 Å². The number of fused-ring (bicyclic) bond motifs is 1. The average molecular weight is 248 g/mol. The minimum atomic E-state index is 0.591. The maximum Gasteiger partial charge on any atom is 0.182 e. The van der Waals surface area contributed by atoms with Gasteiger partial charge in [-0.2, -0.15) is 0 Å². The van der Waals surface area contributed by atoms with E-state index in [9.17, 15) is 0 Å². The van der Waals surface area contributed by atoms with Crippen LogP contribution in [-0.2, 0) is 0 Å². The van der Waals surface area contributed by atoms with Crippen molar-refractivity contribution >= 4 is 12.2 Å². The molecule has 0 bridgehead atoms. The van der Waals surface area contributed by atoms with Crippen molar-refractivity contribution in [3.63, 3.8) is 0 Å². The first-order chi connectivity index (χ1) is 8.25. The van der Waals surface area contributed by atoms with Crippen molar-refractivity contribution in [1.29, 1.82) is 0 Å². The highest BCUT2D eigenvalue weighted by Crippen LogP contribution is 2.32. The zero-order valence-electron chi connectivity index (χ0n) is 9.40. The van der Waals surface area contributed by atoms with Crippen molar-refractivity contribution < 1.29 is 9.47 Å². The fraction of sp³-hybridized carbons (Fsp3) is 0.250. The van der Waals surface area contributed by atoms with Gasteiger partial charge >= 0.3 is 0 Å². The first-order valence-corrected chi connectivity index (χ1v) is 5.83. The predicted octanol–water partition coefficient (Wildman–Crippen LogP) is 2.61. The number of aromatic nitrogens is 2. The standard InChI is InChI=1S/C12H12N2O2S/c1-8-7-13-12(17)14(8)9-2-3-10-11(6-9)16-5-4-15-10/h2-3,6-7H,4-5H2,1H3,(H,13,17). The Kier molecular flexibility index (Phi) is 2.40. The summed E-state index contributed by atoms with van der Waals surface area (Å²) in [6, 6.07) is 5.84. The molecule has 17 heavy (non-hydrogen) atoms. The summed E-state index contributed by atoms with van der Waals surface area (Å²) in [6.45, 7) is 3.20. The molecule has 0 amide bonds. The molecule has 0 unspecified atom stereocenters. The summed E-state index contributed by atoms with van der Waals surface area (Å²) in [5.74, 6) is 1.57. The molecule has 88 valence electrons. The summed E-state index contributed by atoms with van der Waals surface area (Å²) >= 11 is 5.24. The molecule has 5 heteroatoms. The fourth-order valence-corrected chi connectivity index (χ4v) is 2.26. The molecule has 2 heterocycles. The lowest BCUT2D eigenvalue weighted by Gasteiger charge is -2.19. The molecule has 1 aliphatic heterocycles. The second kappa shape index (κ2) is 3.92. The van der Waals surface area contributed by atoms with Gasteiger partial charge in [0, 0.05) is 18.0 Å². The number of ether oxygens (including phenoxy) is 2. The molecule has 0 saturated carbocycles. The van der Waals surface area contributed by atoms with Gasteiger partial charge in [-0.15, -0.1) is 0 Å². The van der Waals surface area contributed by atoms with E-state index in [2.05, 4.69) is 4.98 Å². The van der Waals surface area contributed by atoms with Gasteiger partial charge in [-0.3, -0.25) is 4.57 Å². The third-order valence-electron chi connectivity index (χ3n) is 2.74. The Bertz CT molecular complexity index is 615. The number of nitrogens with zero attached hydrogens (tertiary/aromatic N) is 1. The van der Waals surface area contributed by atoms with Gasteiger partial charge in [0.2, 0.25) is 0 Å². The minimum Gasteiger partial charge on any atom is -0.486 e. The fourth-order valence-electron chi connectivity index (χ4n) is 1.95. The molecule has 0 spiro atoms. The average Bonchev–Trinajstić information content (AvgIpc) is 2.68. The van der Waals surface area contributed by atoms with Crippen molar-refractivity contribution in [1.82, 2.24) is 9.55 Å². The molecule has 0 fully saturated rings. The molecule has 1 N–H and O–H groups in total. The Morgan fingerprint density at radius 3 is 2.71 bits per heavy atom. The van der Waals surface area contributed by atoms with Crippen molar-refractivity contribution in [2.24, 2.45) is 0 Å². The van der Waals surface area contributed by atoms with Gasteiger partial charge in [-0.1, -0.05) is 0 Å². The summed E-state index contributed by atoms with van der Waals surface area (Å²) in [7, 11) is 0. The Morgan fingerprint density at radius 1 is 1.24 bits per heavy atom. The number of nitrogens with one attached hydrogen (secondary N) is 1. The number of H-pyrrole nitrogens is 1. The van der Waals surface area contributed by atoms with E-state index >= 15 is 0 Å². The van der Waals surface area contributed by atoms with Crippen LogP contribution < -0.4 is 9.47 Å². The van der Waals surface area contributed by atoms with E-state index in [-0.39, 0.29) is 0 Å². The SMILES string of the molecule is Cc1c[nH]c(=S)n1-c1ccc2c(c1)OCCO2. The zero-order chi connectivity index (χ0) is 11.8. The van der Waals surface area contributed by atoms with Crippen molar-refractivity contribution in [3.8, 4) is 17.2 Å². The lowest BCUT2D eigenvalue weighted by atomic mass is 10.2. The monoisotopic (exact) mass is 248 g/mol. The number of aryl methyl sites for hydroxylation is 1. The molecule has 1 aliphatic rings. The van der Waals surface area contributed by atoms with Crippen LogP contribution >= 0.6 is 12.2 Å². The largest absolute Gasteiger partial charge is 0.486 e. The van der Waals surface area contributed by atoms with E-state index in [0.717, 1.165) is 22.9 Å². The quantitative estimate of drug-likeness (QED) is 0.788. The second-order valence-corrected chi connectivity index (χ2v) is 4.29. The lowest BCUT2D eigenvalue weighted by Crippen LogP contribution is -2.15. The Hall–Kier alpha value is -1.75. The molecule has 4 nitrogen and oxygen atoms in total. The third kappa shape index (κ3) is 1.72. The molecular formula is C12H12N2O2S. The first-order valence-electron chi connectivity index (χ1n) is 5.43.